The average Bonchev–Trinajstić information content (AvgIpc) is 3.56. The highest BCUT2D eigenvalue weighted by molar-refractivity contribution is 5.95. The average molecular weight is 525 g/mol. The quantitative estimate of drug-likeness (QED) is 0.294. The summed E-state index contributed by atoms with van der Waals surface area (Å²) in [6.45, 7) is 1.36. The molecule has 0 saturated carbocycles. The maximum Gasteiger partial charge on any atom is 0.161 e. The van der Waals surface area contributed by atoms with Crippen LogP contribution in [0.2, 0.25) is 0 Å². The number of nitrogens with one attached hydrogen (secondary N) is 2. The number of pyridine rings is 3. The van der Waals surface area contributed by atoms with Gasteiger partial charge in [0.25, 0.3) is 0 Å². The molecule has 10 nitrogen and oxygen atoms in total. The van der Waals surface area contributed by atoms with Gasteiger partial charge in [-0.2, -0.15) is 5.10 Å². The molecule has 0 unspecified atom stereocenters. The molecule has 39 heavy (non-hydrogen) atoms. The van der Waals surface area contributed by atoms with Crippen molar-refractivity contribution in [3.63, 3.8) is 0 Å². The molecule has 0 aliphatic heterocycles. The minimum absolute atomic E-state index is 0.399. The van der Waals surface area contributed by atoms with Crippen LogP contribution in [0, 0.1) is 5.82 Å². The standard InChI is InChI=1S/C28H25FN8O2/c1-37(2)8-9-39-20-12-17(14-30-15-20)21-4-5-23-26(32-21)27(36-35-23)28-33-22-6-7-31-24(25(22)34-28)16-10-18(29)13-19(11-16)38-3/h4-7,10-15H,8-9H2,1-3H3,(H,33,34)(H,35,36). The maximum atomic E-state index is 14.2. The summed E-state index contributed by atoms with van der Waals surface area (Å²) in [5.74, 6) is 1.17. The second kappa shape index (κ2) is 10.1. The fourth-order valence-corrected chi connectivity index (χ4v) is 4.28. The van der Waals surface area contributed by atoms with Gasteiger partial charge in [0.15, 0.2) is 11.5 Å². The van der Waals surface area contributed by atoms with E-state index in [1.807, 2.05) is 38.4 Å². The van der Waals surface area contributed by atoms with Crippen LogP contribution >= 0.6 is 0 Å². The number of aromatic amines is 2. The number of H-pyrrole nitrogens is 2. The van der Waals surface area contributed by atoms with E-state index in [9.17, 15) is 4.39 Å². The number of hydrogen-bond donors (Lipinski definition) is 2. The summed E-state index contributed by atoms with van der Waals surface area (Å²) in [5, 5.41) is 7.52. The van der Waals surface area contributed by atoms with Crippen LogP contribution in [0.4, 0.5) is 4.39 Å². The van der Waals surface area contributed by atoms with Crippen LogP contribution in [0.1, 0.15) is 0 Å². The van der Waals surface area contributed by atoms with Crippen molar-refractivity contribution < 1.29 is 13.9 Å². The van der Waals surface area contributed by atoms with Gasteiger partial charge in [0.05, 0.1) is 35.7 Å². The lowest BCUT2D eigenvalue weighted by Crippen LogP contribution is -2.19. The highest BCUT2D eigenvalue weighted by Gasteiger charge is 2.18. The maximum absolute atomic E-state index is 14.2. The van der Waals surface area contributed by atoms with Crippen LogP contribution in [-0.2, 0) is 0 Å². The van der Waals surface area contributed by atoms with Crippen molar-refractivity contribution >= 4 is 22.1 Å². The third kappa shape index (κ3) is 4.87. The van der Waals surface area contributed by atoms with Crippen LogP contribution in [0.25, 0.3) is 56.1 Å². The van der Waals surface area contributed by atoms with Crippen molar-refractivity contribution in [2.45, 2.75) is 0 Å². The topological polar surface area (TPSA) is 118 Å². The van der Waals surface area contributed by atoms with E-state index in [-0.39, 0.29) is 0 Å². The van der Waals surface area contributed by atoms with Crippen LogP contribution < -0.4 is 9.47 Å². The fraction of sp³-hybridized carbons (Fsp3) is 0.179. The monoisotopic (exact) mass is 524 g/mol. The Labute approximate surface area is 222 Å². The van der Waals surface area contributed by atoms with Gasteiger partial charge < -0.3 is 19.4 Å². The molecule has 5 heterocycles. The lowest BCUT2D eigenvalue weighted by Gasteiger charge is -2.11. The zero-order chi connectivity index (χ0) is 26.9. The lowest BCUT2D eigenvalue weighted by atomic mass is 10.1. The van der Waals surface area contributed by atoms with Gasteiger partial charge in [0, 0.05) is 36.1 Å². The number of nitrogens with zero attached hydrogens (tertiary/aromatic N) is 6. The lowest BCUT2D eigenvalue weighted by molar-refractivity contribution is 0.261. The molecular formula is C28H25FN8O2. The Hall–Kier alpha value is -4.90. The van der Waals surface area contributed by atoms with Gasteiger partial charge in [-0.1, -0.05) is 0 Å². The second-order valence-corrected chi connectivity index (χ2v) is 9.25. The number of likely N-dealkylation sites (N-methyl/N-ethyl adjacent to an activating group) is 1. The zero-order valence-electron chi connectivity index (χ0n) is 21.6. The molecule has 0 amide bonds. The number of imidazole rings is 1. The van der Waals surface area contributed by atoms with E-state index in [0.717, 1.165) is 28.8 Å². The van der Waals surface area contributed by atoms with Crippen LogP contribution in [0.15, 0.2) is 61.1 Å². The first-order valence-electron chi connectivity index (χ1n) is 12.3. The van der Waals surface area contributed by atoms with Crippen molar-refractivity contribution in [1.29, 1.82) is 0 Å². The Morgan fingerprint density at radius 2 is 1.74 bits per heavy atom. The molecule has 0 radical (unpaired) electrons. The predicted molar refractivity (Wildman–Crippen MR) is 146 cm³/mol. The molecule has 11 heteroatoms. The Kier molecular flexibility index (Phi) is 6.33. The highest BCUT2D eigenvalue weighted by Crippen LogP contribution is 2.32. The van der Waals surface area contributed by atoms with Gasteiger partial charge >= 0.3 is 0 Å². The number of rotatable bonds is 8. The predicted octanol–water partition coefficient (Wildman–Crippen LogP) is 4.71. The van der Waals surface area contributed by atoms with Crippen molar-refractivity contribution in [3.05, 3.63) is 66.9 Å². The Balaban J connectivity index is 1.38. The molecule has 6 rings (SSSR count). The number of ether oxygens (including phenoxy) is 2. The summed E-state index contributed by atoms with van der Waals surface area (Å²) in [5.41, 5.74) is 5.90. The van der Waals surface area contributed by atoms with Crippen molar-refractivity contribution in [2.75, 3.05) is 34.4 Å². The second-order valence-electron chi connectivity index (χ2n) is 9.25. The van der Waals surface area contributed by atoms with E-state index < -0.39 is 5.82 Å². The van der Waals surface area contributed by atoms with Crippen molar-refractivity contribution in [2.24, 2.45) is 0 Å². The molecule has 0 fully saturated rings. The van der Waals surface area contributed by atoms with E-state index in [0.29, 0.717) is 51.9 Å². The van der Waals surface area contributed by atoms with Crippen molar-refractivity contribution in [1.82, 2.24) is 40.0 Å². The third-order valence-corrected chi connectivity index (χ3v) is 6.23. The minimum Gasteiger partial charge on any atom is -0.497 e. The molecule has 5 aromatic heterocycles. The number of fused-ring (bicyclic) bond motifs is 2. The minimum atomic E-state index is -0.421. The van der Waals surface area contributed by atoms with Crippen LogP contribution in [-0.4, -0.2) is 74.4 Å². The van der Waals surface area contributed by atoms with Gasteiger partial charge in [-0.15, -0.1) is 0 Å². The summed E-state index contributed by atoms with van der Waals surface area (Å²) in [6, 6.07) is 12.0. The van der Waals surface area contributed by atoms with Crippen molar-refractivity contribution in [3.8, 4) is 45.5 Å². The summed E-state index contributed by atoms with van der Waals surface area (Å²) in [7, 11) is 5.49. The van der Waals surface area contributed by atoms with E-state index in [4.69, 9.17) is 19.4 Å². The first-order chi connectivity index (χ1) is 19.0. The van der Waals surface area contributed by atoms with Crippen LogP contribution in [0.3, 0.4) is 0 Å². The molecule has 0 atom stereocenters. The molecule has 196 valence electrons. The highest BCUT2D eigenvalue weighted by atomic mass is 19.1. The molecule has 1 aromatic carbocycles. The SMILES string of the molecule is COc1cc(F)cc(-c2nccc3[nH]c(-c4n[nH]c5ccc(-c6cncc(OCCN(C)C)c6)nc45)nc23)c1. The molecular weight excluding hydrogens is 499 g/mol. The Morgan fingerprint density at radius 1 is 0.897 bits per heavy atom. The van der Waals surface area contributed by atoms with E-state index in [1.54, 1.807) is 24.7 Å². The van der Waals surface area contributed by atoms with Crippen LogP contribution in [0.5, 0.6) is 11.5 Å². The molecule has 0 saturated heterocycles. The smallest absolute Gasteiger partial charge is 0.161 e. The number of aromatic nitrogens is 7. The van der Waals surface area contributed by atoms with E-state index >= 15 is 0 Å². The number of halogens is 1. The first kappa shape index (κ1) is 24.4. The molecule has 0 aliphatic carbocycles. The molecule has 2 N–H and O–H groups in total. The Morgan fingerprint density at radius 3 is 2.59 bits per heavy atom. The normalized spacial score (nSPS) is 11.5. The number of hydrogen-bond acceptors (Lipinski definition) is 8. The molecule has 0 aliphatic rings. The van der Waals surface area contributed by atoms with Gasteiger partial charge in [-0.25, -0.2) is 14.4 Å². The van der Waals surface area contributed by atoms with E-state index in [1.165, 1.54) is 19.2 Å². The molecule has 0 bridgehead atoms. The Bertz CT molecular complexity index is 1800. The third-order valence-electron chi connectivity index (χ3n) is 6.23. The summed E-state index contributed by atoms with van der Waals surface area (Å²) < 4.78 is 25.3. The number of methoxy groups -OCH3 is 1. The first-order valence-corrected chi connectivity index (χ1v) is 12.3. The van der Waals surface area contributed by atoms with Gasteiger partial charge in [-0.05, 0) is 50.5 Å². The molecule has 0 spiro atoms. The fourth-order valence-electron chi connectivity index (χ4n) is 4.28. The molecule has 6 aromatic rings. The van der Waals surface area contributed by atoms with Gasteiger partial charge in [0.1, 0.15) is 35.0 Å². The largest absolute Gasteiger partial charge is 0.497 e. The summed E-state index contributed by atoms with van der Waals surface area (Å²) in [6.07, 6.45) is 5.09. The van der Waals surface area contributed by atoms with Gasteiger partial charge in [0.2, 0.25) is 0 Å². The van der Waals surface area contributed by atoms with Gasteiger partial charge in [-0.3, -0.25) is 15.1 Å². The zero-order valence-corrected chi connectivity index (χ0v) is 21.6. The summed E-state index contributed by atoms with van der Waals surface area (Å²) >= 11 is 0. The summed E-state index contributed by atoms with van der Waals surface area (Å²) in [4.78, 5) is 23.8. The van der Waals surface area contributed by atoms with E-state index in [2.05, 4.69) is 30.0 Å². The number of benzene rings is 1.